The van der Waals surface area contributed by atoms with Gasteiger partial charge in [0.15, 0.2) is 0 Å². The molecule has 96 valence electrons. The third-order valence-corrected chi connectivity index (χ3v) is 1.91. The van der Waals surface area contributed by atoms with Crippen LogP contribution in [-0.4, -0.2) is 30.1 Å². The number of benzene rings is 1. The van der Waals surface area contributed by atoms with Gasteiger partial charge < -0.3 is 14.7 Å². The molecule has 0 fully saturated rings. The SMILES string of the molecule is COc1ccc(C(=O)NOC(=O)CC(=O)O)cc1. The topological polar surface area (TPSA) is 102 Å². The van der Waals surface area contributed by atoms with Crippen molar-refractivity contribution in [2.24, 2.45) is 0 Å². The van der Waals surface area contributed by atoms with E-state index >= 15 is 0 Å². The molecule has 1 aromatic carbocycles. The molecule has 0 aliphatic rings. The number of carboxylic acid groups (broad SMARTS) is 1. The van der Waals surface area contributed by atoms with Crippen molar-refractivity contribution in [3.63, 3.8) is 0 Å². The average Bonchev–Trinajstić information content (AvgIpc) is 2.35. The summed E-state index contributed by atoms with van der Waals surface area (Å²) in [7, 11) is 1.49. The first-order valence-electron chi connectivity index (χ1n) is 4.89. The molecule has 18 heavy (non-hydrogen) atoms. The molecule has 0 unspecified atom stereocenters. The molecule has 1 rings (SSSR count). The second kappa shape index (κ2) is 6.24. The minimum absolute atomic E-state index is 0.249. The minimum atomic E-state index is -1.33. The van der Waals surface area contributed by atoms with Crippen molar-refractivity contribution in [2.75, 3.05) is 7.11 Å². The van der Waals surface area contributed by atoms with E-state index in [9.17, 15) is 14.4 Å². The van der Waals surface area contributed by atoms with E-state index in [2.05, 4.69) is 4.84 Å². The van der Waals surface area contributed by atoms with Gasteiger partial charge in [-0.2, -0.15) is 5.48 Å². The van der Waals surface area contributed by atoms with Gasteiger partial charge in [-0.05, 0) is 24.3 Å². The Bertz CT molecular complexity index is 453. The van der Waals surface area contributed by atoms with E-state index in [1.165, 1.54) is 19.2 Å². The van der Waals surface area contributed by atoms with E-state index in [1.807, 2.05) is 5.48 Å². The van der Waals surface area contributed by atoms with Crippen LogP contribution in [0.2, 0.25) is 0 Å². The van der Waals surface area contributed by atoms with Crippen molar-refractivity contribution >= 4 is 17.8 Å². The van der Waals surface area contributed by atoms with Crippen molar-refractivity contribution in [1.82, 2.24) is 5.48 Å². The first kappa shape index (κ1) is 13.5. The molecule has 2 N–H and O–H groups in total. The van der Waals surface area contributed by atoms with Crippen molar-refractivity contribution in [2.45, 2.75) is 6.42 Å². The number of hydrogen-bond acceptors (Lipinski definition) is 5. The standard InChI is InChI=1S/C11H11NO6/c1-17-8-4-2-7(3-5-8)11(16)12-18-10(15)6-9(13)14/h2-5H,6H2,1H3,(H,12,16)(H,13,14). The normalized spacial score (nSPS) is 9.39. The lowest BCUT2D eigenvalue weighted by atomic mass is 10.2. The molecule has 0 saturated carbocycles. The van der Waals surface area contributed by atoms with Crippen LogP contribution in [-0.2, 0) is 14.4 Å². The number of amides is 1. The Morgan fingerprint density at radius 1 is 1.22 bits per heavy atom. The van der Waals surface area contributed by atoms with Crippen LogP contribution >= 0.6 is 0 Å². The number of rotatable bonds is 4. The number of carbonyl (C=O) groups is 3. The first-order chi connectivity index (χ1) is 8.52. The molecule has 0 bridgehead atoms. The molecule has 7 heteroatoms. The second-order valence-electron chi connectivity index (χ2n) is 3.20. The number of aliphatic carboxylic acids is 1. The van der Waals surface area contributed by atoms with Crippen molar-refractivity contribution in [1.29, 1.82) is 0 Å². The van der Waals surface area contributed by atoms with E-state index in [-0.39, 0.29) is 5.56 Å². The van der Waals surface area contributed by atoms with Gasteiger partial charge in [-0.25, -0.2) is 4.79 Å². The summed E-state index contributed by atoms with van der Waals surface area (Å²) in [5, 5.41) is 8.30. The molecule has 0 heterocycles. The highest BCUT2D eigenvalue weighted by Gasteiger charge is 2.12. The molecule has 0 atom stereocenters. The van der Waals surface area contributed by atoms with Gasteiger partial charge in [-0.15, -0.1) is 0 Å². The zero-order chi connectivity index (χ0) is 13.5. The van der Waals surface area contributed by atoms with Gasteiger partial charge >= 0.3 is 11.9 Å². The number of nitrogens with one attached hydrogen (secondary N) is 1. The van der Waals surface area contributed by atoms with Crippen LogP contribution in [0, 0.1) is 0 Å². The largest absolute Gasteiger partial charge is 0.497 e. The van der Waals surface area contributed by atoms with Gasteiger partial charge in [-0.3, -0.25) is 9.59 Å². The molecule has 0 saturated heterocycles. The third kappa shape index (κ3) is 4.12. The number of hydrogen-bond donors (Lipinski definition) is 2. The number of carbonyl (C=O) groups excluding carboxylic acids is 2. The van der Waals surface area contributed by atoms with Gasteiger partial charge in [0.05, 0.1) is 7.11 Å². The Morgan fingerprint density at radius 3 is 2.33 bits per heavy atom. The quantitative estimate of drug-likeness (QED) is 0.593. The Hall–Kier alpha value is -2.57. The lowest BCUT2D eigenvalue weighted by Crippen LogP contribution is -2.28. The first-order valence-corrected chi connectivity index (χ1v) is 4.89. The molecule has 0 aliphatic heterocycles. The highest BCUT2D eigenvalue weighted by Crippen LogP contribution is 2.10. The zero-order valence-corrected chi connectivity index (χ0v) is 9.50. The monoisotopic (exact) mass is 253 g/mol. The van der Waals surface area contributed by atoms with Crippen LogP contribution in [0.4, 0.5) is 0 Å². The Morgan fingerprint density at radius 2 is 1.83 bits per heavy atom. The Labute approximate surface area is 102 Å². The molecule has 7 nitrogen and oxygen atoms in total. The Balaban J connectivity index is 2.49. The van der Waals surface area contributed by atoms with Crippen molar-refractivity contribution in [3.05, 3.63) is 29.8 Å². The number of hydroxylamine groups is 1. The van der Waals surface area contributed by atoms with E-state index in [1.54, 1.807) is 12.1 Å². The molecular weight excluding hydrogens is 242 g/mol. The maximum atomic E-state index is 11.5. The van der Waals surface area contributed by atoms with E-state index < -0.39 is 24.3 Å². The summed E-state index contributed by atoms with van der Waals surface area (Å²) in [6, 6.07) is 6.07. The number of carboxylic acids is 1. The summed E-state index contributed by atoms with van der Waals surface area (Å²) in [6.07, 6.45) is -0.817. The summed E-state index contributed by atoms with van der Waals surface area (Å²) in [4.78, 5) is 36.8. The smallest absolute Gasteiger partial charge is 0.343 e. The molecule has 1 aromatic rings. The third-order valence-electron chi connectivity index (χ3n) is 1.91. The molecule has 0 spiro atoms. The summed E-state index contributed by atoms with van der Waals surface area (Å²) >= 11 is 0. The number of ether oxygens (including phenoxy) is 1. The minimum Gasteiger partial charge on any atom is -0.497 e. The van der Waals surface area contributed by atoms with Crippen molar-refractivity contribution < 1.29 is 29.1 Å². The average molecular weight is 253 g/mol. The maximum absolute atomic E-state index is 11.5. The van der Waals surface area contributed by atoms with E-state index in [4.69, 9.17) is 9.84 Å². The van der Waals surface area contributed by atoms with Gasteiger partial charge in [0.1, 0.15) is 12.2 Å². The molecule has 0 aliphatic carbocycles. The Kier molecular flexibility index (Phi) is 4.67. The fourth-order valence-corrected chi connectivity index (χ4v) is 1.06. The molecular formula is C11H11NO6. The van der Waals surface area contributed by atoms with Crippen LogP contribution in [0.3, 0.4) is 0 Å². The maximum Gasteiger partial charge on any atom is 0.343 e. The second-order valence-corrected chi connectivity index (χ2v) is 3.20. The summed E-state index contributed by atoms with van der Waals surface area (Å²) in [5.74, 6) is -2.46. The van der Waals surface area contributed by atoms with Crippen LogP contribution < -0.4 is 10.2 Å². The van der Waals surface area contributed by atoms with Crippen LogP contribution in [0.5, 0.6) is 5.75 Å². The highest BCUT2D eigenvalue weighted by atomic mass is 16.7. The van der Waals surface area contributed by atoms with Crippen LogP contribution in [0.1, 0.15) is 16.8 Å². The van der Waals surface area contributed by atoms with E-state index in [0.717, 1.165) is 0 Å². The van der Waals surface area contributed by atoms with Gasteiger partial charge in [0, 0.05) is 5.56 Å². The molecule has 0 radical (unpaired) electrons. The predicted octanol–water partition coefficient (Wildman–Crippen LogP) is 0.358. The highest BCUT2D eigenvalue weighted by molar-refractivity contribution is 5.95. The summed E-state index contributed by atoms with van der Waals surface area (Å²) in [6.45, 7) is 0. The van der Waals surface area contributed by atoms with Gasteiger partial charge in [0.25, 0.3) is 5.91 Å². The lowest BCUT2D eigenvalue weighted by molar-refractivity contribution is -0.155. The summed E-state index contributed by atoms with van der Waals surface area (Å²) < 4.78 is 4.91. The summed E-state index contributed by atoms with van der Waals surface area (Å²) in [5.41, 5.74) is 2.10. The molecule has 0 aromatic heterocycles. The number of methoxy groups -OCH3 is 1. The lowest BCUT2D eigenvalue weighted by Gasteiger charge is -2.05. The van der Waals surface area contributed by atoms with Crippen LogP contribution in [0.25, 0.3) is 0 Å². The van der Waals surface area contributed by atoms with Gasteiger partial charge in [-0.1, -0.05) is 0 Å². The predicted molar refractivity (Wildman–Crippen MR) is 58.8 cm³/mol. The van der Waals surface area contributed by atoms with Gasteiger partial charge in [0.2, 0.25) is 0 Å². The fraction of sp³-hybridized carbons (Fsp3) is 0.182. The van der Waals surface area contributed by atoms with E-state index in [0.29, 0.717) is 5.75 Å². The van der Waals surface area contributed by atoms with Crippen LogP contribution in [0.15, 0.2) is 24.3 Å². The fourth-order valence-electron chi connectivity index (χ4n) is 1.06. The van der Waals surface area contributed by atoms with Crippen molar-refractivity contribution in [3.8, 4) is 5.75 Å². The zero-order valence-electron chi connectivity index (χ0n) is 9.50. The molecule has 1 amide bonds.